The summed E-state index contributed by atoms with van der Waals surface area (Å²) in [5.74, 6) is -1.26. The van der Waals surface area contributed by atoms with Gasteiger partial charge in [0.1, 0.15) is 15.7 Å². The van der Waals surface area contributed by atoms with E-state index in [1.165, 1.54) is 12.1 Å². The Kier molecular flexibility index (Phi) is 9.95. The van der Waals surface area contributed by atoms with Gasteiger partial charge in [-0.1, -0.05) is 35.3 Å². The van der Waals surface area contributed by atoms with Crippen LogP contribution in [0.2, 0.25) is 10.0 Å². The molecule has 204 valence electrons. The maximum absolute atomic E-state index is 12.8. The third-order valence-corrected chi connectivity index (χ3v) is 8.24. The fraction of sp³-hybridized carbons (Fsp3) is 0.227. The van der Waals surface area contributed by atoms with Crippen LogP contribution in [0.5, 0.6) is 0 Å². The van der Waals surface area contributed by atoms with Crippen LogP contribution in [0.1, 0.15) is 33.8 Å². The number of carbonyl (C=O) groups is 2. The van der Waals surface area contributed by atoms with Crippen molar-refractivity contribution in [1.82, 2.24) is 20.6 Å². The SMILES string of the molecule is O=C(CCCNc1nc(C(F)(F)F)ccc1Cl)NNS(=O)(=O)c1ccc(CNC(=O)c2ccccc2Cl)s1. The van der Waals surface area contributed by atoms with Crippen molar-refractivity contribution >= 4 is 62.2 Å². The predicted octanol–water partition coefficient (Wildman–Crippen LogP) is 4.60. The highest BCUT2D eigenvalue weighted by Crippen LogP contribution is 2.31. The van der Waals surface area contributed by atoms with Gasteiger partial charge in [0.05, 0.1) is 22.2 Å². The van der Waals surface area contributed by atoms with Crippen LogP contribution in [0.4, 0.5) is 19.0 Å². The fourth-order valence-corrected chi connectivity index (χ4v) is 5.47. The van der Waals surface area contributed by atoms with Crippen LogP contribution in [0.25, 0.3) is 0 Å². The number of nitrogens with zero attached hydrogens (tertiary/aromatic N) is 1. The second-order valence-electron chi connectivity index (χ2n) is 7.59. The molecule has 0 bridgehead atoms. The average Bonchev–Trinajstić information content (AvgIpc) is 3.35. The second kappa shape index (κ2) is 12.8. The summed E-state index contributed by atoms with van der Waals surface area (Å²) in [6.07, 6.45) is -4.63. The Bertz CT molecular complexity index is 1420. The van der Waals surface area contributed by atoms with Crippen molar-refractivity contribution in [3.05, 3.63) is 74.7 Å². The maximum atomic E-state index is 12.8. The molecule has 3 rings (SSSR count). The summed E-state index contributed by atoms with van der Waals surface area (Å²) in [7, 11) is -4.08. The normalized spacial score (nSPS) is 11.7. The molecular weight excluding hydrogens is 590 g/mol. The van der Waals surface area contributed by atoms with Crippen LogP contribution < -0.4 is 20.9 Å². The van der Waals surface area contributed by atoms with Crippen molar-refractivity contribution in [3.8, 4) is 0 Å². The lowest BCUT2D eigenvalue weighted by molar-refractivity contribution is -0.141. The third kappa shape index (κ3) is 8.30. The van der Waals surface area contributed by atoms with E-state index in [0.29, 0.717) is 4.88 Å². The molecule has 0 fully saturated rings. The third-order valence-electron chi connectivity index (χ3n) is 4.78. The molecule has 0 atom stereocenters. The Morgan fingerprint density at radius 1 is 1.00 bits per heavy atom. The smallest absolute Gasteiger partial charge is 0.369 e. The molecular formula is C22H20Cl2F3N5O4S2. The lowest BCUT2D eigenvalue weighted by atomic mass is 10.2. The van der Waals surface area contributed by atoms with E-state index in [1.807, 2.05) is 4.83 Å². The number of sulfonamides is 1. The molecule has 4 N–H and O–H groups in total. The first-order valence-corrected chi connectivity index (χ1v) is 13.8. The quantitative estimate of drug-likeness (QED) is 0.186. The van der Waals surface area contributed by atoms with Gasteiger partial charge in [0.25, 0.3) is 15.9 Å². The zero-order valence-corrected chi connectivity index (χ0v) is 22.4. The Balaban J connectivity index is 1.43. The Morgan fingerprint density at radius 3 is 2.45 bits per heavy atom. The van der Waals surface area contributed by atoms with E-state index in [2.05, 4.69) is 21.0 Å². The summed E-state index contributed by atoms with van der Waals surface area (Å²) < 4.78 is 63.2. The number of aromatic nitrogens is 1. The van der Waals surface area contributed by atoms with Crippen molar-refractivity contribution in [3.63, 3.8) is 0 Å². The van der Waals surface area contributed by atoms with E-state index in [-0.39, 0.29) is 51.6 Å². The zero-order chi connectivity index (χ0) is 27.9. The van der Waals surface area contributed by atoms with Crippen LogP contribution in [0.3, 0.4) is 0 Å². The standard InChI is InChI=1S/C22H20Cl2F3N5O4S2/c23-15-5-2-1-4-14(15)21(34)29-12-13-7-10-19(37-13)38(35,36)32-31-18(33)6-3-11-28-20-16(24)8-9-17(30-20)22(25,26)27/h1-2,4-5,7-10,32H,3,6,11-12H2,(H,28,30)(H,29,34)(H,31,33). The highest BCUT2D eigenvalue weighted by atomic mass is 35.5. The van der Waals surface area contributed by atoms with Gasteiger partial charge in [-0.3, -0.25) is 15.0 Å². The van der Waals surface area contributed by atoms with Crippen molar-refractivity contribution in [1.29, 1.82) is 0 Å². The van der Waals surface area contributed by atoms with Gasteiger partial charge < -0.3 is 10.6 Å². The van der Waals surface area contributed by atoms with Crippen molar-refractivity contribution in [2.75, 3.05) is 11.9 Å². The molecule has 0 saturated heterocycles. The van der Waals surface area contributed by atoms with Gasteiger partial charge in [0, 0.05) is 17.8 Å². The first-order valence-electron chi connectivity index (χ1n) is 10.8. The molecule has 3 aromatic rings. The number of thiophene rings is 1. The van der Waals surface area contributed by atoms with Crippen LogP contribution >= 0.6 is 34.5 Å². The summed E-state index contributed by atoms with van der Waals surface area (Å²) in [6, 6.07) is 11.1. The van der Waals surface area contributed by atoms with E-state index in [0.717, 1.165) is 23.5 Å². The minimum atomic E-state index is -4.63. The number of hydrogen-bond acceptors (Lipinski definition) is 7. The molecule has 16 heteroatoms. The second-order valence-corrected chi connectivity index (χ2v) is 11.5. The van der Waals surface area contributed by atoms with Gasteiger partial charge in [0.15, 0.2) is 0 Å². The topological polar surface area (TPSA) is 129 Å². The van der Waals surface area contributed by atoms with Crippen LogP contribution in [0.15, 0.2) is 52.7 Å². The van der Waals surface area contributed by atoms with E-state index >= 15 is 0 Å². The fourth-order valence-electron chi connectivity index (χ4n) is 2.92. The van der Waals surface area contributed by atoms with E-state index < -0.39 is 33.7 Å². The largest absolute Gasteiger partial charge is 0.433 e. The summed E-state index contributed by atoms with van der Waals surface area (Å²) in [5.41, 5.74) is 1.24. The Morgan fingerprint density at radius 2 is 1.74 bits per heavy atom. The number of alkyl halides is 3. The van der Waals surface area contributed by atoms with Gasteiger partial charge in [-0.2, -0.15) is 13.2 Å². The van der Waals surface area contributed by atoms with Gasteiger partial charge >= 0.3 is 6.18 Å². The van der Waals surface area contributed by atoms with Crippen molar-refractivity contribution in [2.45, 2.75) is 29.8 Å². The molecule has 2 aromatic heterocycles. The highest BCUT2D eigenvalue weighted by molar-refractivity contribution is 7.91. The minimum Gasteiger partial charge on any atom is -0.369 e. The number of benzene rings is 1. The number of pyridine rings is 1. The molecule has 2 heterocycles. The van der Waals surface area contributed by atoms with Gasteiger partial charge in [-0.15, -0.1) is 16.2 Å². The van der Waals surface area contributed by atoms with Crippen molar-refractivity contribution < 1.29 is 31.2 Å². The number of rotatable bonds is 11. The number of amides is 2. The van der Waals surface area contributed by atoms with Gasteiger partial charge in [-0.25, -0.2) is 13.4 Å². The van der Waals surface area contributed by atoms with Crippen LogP contribution in [-0.4, -0.2) is 31.8 Å². The zero-order valence-electron chi connectivity index (χ0n) is 19.2. The van der Waals surface area contributed by atoms with Gasteiger partial charge in [0.2, 0.25) is 5.91 Å². The monoisotopic (exact) mass is 609 g/mol. The highest BCUT2D eigenvalue weighted by Gasteiger charge is 2.33. The average molecular weight is 610 g/mol. The van der Waals surface area contributed by atoms with Gasteiger partial charge in [-0.05, 0) is 42.8 Å². The summed E-state index contributed by atoms with van der Waals surface area (Å²) >= 11 is 12.7. The first kappa shape index (κ1) is 29.6. The first-order chi connectivity index (χ1) is 17.9. The molecule has 0 aliphatic rings. The number of hydrogen-bond donors (Lipinski definition) is 4. The molecule has 0 saturated carbocycles. The molecule has 0 aliphatic carbocycles. The van der Waals surface area contributed by atoms with Crippen LogP contribution in [-0.2, 0) is 27.5 Å². The molecule has 0 unspecified atom stereocenters. The molecule has 9 nitrogen and oxygen atoms in total. The molecule has 0 radical (unpaired) electrons. The summed E-state index contributed by atoms with van der Waals surface area (Å²) in [4.78, 5) is 30.2. The van der Waals surface area contributed by atoms with Crippen LogP contribution in [0, 0.1) is 0 Å². The lowest BCUT2D eigenvalue weighted by Crippen LogP contribution is -2.41. The molecule has 2 amide bonds. The molecule has 0 aliphatic heterocycles. The minimum absolute atomic E-state index is 0.0195. The number of hydrazine groups is 1. The molecule has 38 heavy (non-hydrogen) atoms. The number of carbonyl (C=O) groups excluding carboxylic acids is 2. The van der Waals surface area contributed by atoms with Crippen molar-refractivity contribution in [2.24, 2.45) is 0 Å². The maximum Gasteiger partial charge on any atom is 0.433 e. The Hall–Kier alpha value is -2.91. The number of anilines is 1. The molecule has 1 aromatic carbocycles. The summed E-state index contributed by atoms with van der Waals surface area (Å²) in [6.45, 7) is 0.122. The number of nitrogens with one attached hydrogen (secondary N) is 4. The van der Waals surface area contributed by atoms with E-state index in [1.54, 1.807) is 24.3 Å². The van der Waals surface area contributed by atoms with E-state index in [9.17, 15) is 31.2 Å². The predicted molar refractivity (Wildman–Crippen MR) is 137 cm³/mol. The summed E-state index contributed by atoms with van der Waals surface area (Å²) in [5, 5.41) is 5.54. The molecule has 0 spiro atoms. The van der Waals surface area contributed by atoms with E-state index in [4.69, 9.17) is 23.2 Å². The Labute approximate surface area is 229 Å². The number of halogens is 5. The lowest BCUT2D eigenvalue weighted by Gasteiger charge is -2.11.